The number of terminal acetylenes is 1. The summed E-state index contributed by atoms with van der Waals surface area (Å²) in [5, 5.41) is 7.37. The molecule has 0 aliphatic heterocycles. The predicted molar refractivity (Wildman–Crippen MR) is 84.5 cm³/mol. The minimum absolute atomic E-state index is 0.292. The molecule has 0 saturated carbocycles. The van der Waals surface area contributed by atoms with Crippen molar-refractivity contribution < 1.29 is 4.74 Å². The number of rotatable bonds is 2. The van der Waals surface area contributed by atoms with Crippen molar-refractivity contribution in [2.75, 3.05) is 6.61 Å². The highest BCUT2D eigenvalue weighted by Crippen LogP contribution is 2.39. The monoisotopic (exact) mass is 256 g/mol. The first-order valence-electron chi connectivity index (χ1n) is 6.61. The first-order chi connectivity index (χ1) is 9.88. The standard InChI is InChI=1S/C19H12O/c1-2-11-20-17-12-15-7-3-5-13-9-10-14-6-4-8-16(17)19(14)18(13)15/h1,3-10,12H,11H2. The molecule has 1 nitrogen and oxygen atoms in total. The summed E-state index contributed by atoms with van der Waals surface area (Å²) >= 11 is 0. The van der Waals surface area contributed by atoms with Gasteiger partial charge in [0.05, 0.1) is 0 Å². The second kappa shape index (κ2) is 4.15. The maximum Gasteiger partial charge on any atom is 0.148 e. The molecule has 0 aromatic heterocycles. The average Bonchev–Trinajstić information content (AvgIpc) is 2.51. The van der Waals surface area contributed by atoms with Gasteiger partial charge in [-0.05, 0) is 27.6 Å². The van der Waals surface area contributed by atoms with Gasteiger partial charge in [-0.25, -0.2) is 0 Å². The molecule has 20 heavy (non-hydrogen) atoms. The number of hydrogen-bond donors (Lipinski definition) is 0. The second-order valence-electron chi connectivity index (χ2n) is 4.92. The summed E-state index contributed by atoms with van der Waals surface area (Å²) in [6.45, 7) is 0.292. The predicted octanol–water partition coefficient (Wildman–Crippen LogP) is 4.60. The van der Waals surface area contributed by atoms with Gasteiger partial charge >= 0.3 is 0 Å². The minimum atomic E-state index is 0.292. The van der Waals surface area contributed by atoms with Crippen molar-refractivity contribution in [2.24, 2.45) is 0 Å². The van der Waals surface area contributed by atoms with Gasteiger partial charge in [0.2, 0.25) is 0 Å². The van der Waals surface area contributed by atoms with Crippen LogP contribution in [0, 0.1) is 12.3 Å². The molecule has 0 aliphatic rings. The Labute approximate surface area is 117 Å². The van der Waals surface area contributed by atoms with Crippen LogP contribution in [0.3, 0.4) is 0 Å². The molecular weight excluding hydrogens is 244 g/mol. The van der Waals surface area contributed by atoms with Crippen molar-refractivity contribution in [1.29, 1.82) is 0 Å². The Balaban J connectivity index is 2.22. The highest BCUT2D eigenvalue weighted by Gasteiger charge is 2.11. The Morgan fingerprint density at radius 3 is 2.35 bits per heavy atom. The fourth-order valence-electron chi connectivity index (χ4n) is 2.97. The van der Waals surface area contributed by atoms with Crippen LogP contribution in [0.15, 0.2) is 54.6 Å². The molecule has 0 N–H and O–H groups in total. The zero-order valence-electron chi connectivity index (χ0n) is 10.9. The Morgan fingerprint density at radius 2 is 1.55 bits per heavy atom. The third-order valence-electron chi connectivity index (χ3n) is 3.78. The van der Waals surface area contributed by atoms with Crippen LogP contribution in [-0.2, 0) is 0 Å². The minimum Gasteiger partial charge on any atom is -0.480 e. The van der Waals surface area contributed by atoms with Gasteiger partial charge in [-0.3, -0.25) is 0 Å². The van der Waals surface area contributed by atoms with E-state index in [9.17, 15) is 0 Å². The van der Waals surface area contributed by atoms with Gasteiger partial charge in [0.1, 0.15) is 12.4 Å². The van der Waals surface area contributed by atoms with Gasteiger partial charge in [0, 0.05) is 10.8 Å². The fourth-order valence-corrected chi connectivity index (χ4v) is 2.97. The average molecular weight is 256 g/mol. The summed E-state index contributed by atoms with van der Waals surface area (Å²) in [6.07, 6.45) is 5.31. The highest BCUT2D eigenvalue weighted by atomic mass is 16.5. The molecule has 0 heterocycles. The van der Waals surface area contributed by atoms with Crippen LogP contribution in [0.4, 0.5) is 0 Å². The van der Waals surface area contributed by atoms with E-state index in [0.717, 1.165) is 11.1 Å². The van der Waals surface area contributed by atoms with Crippen molar-refractivity contribution in [3.63, 3.8) is 0 Å². The summed E-state index contributed by atoms with van der Waals surface area (Å²) in [5.41, 5.74) is 0. The second-order valence-corrected chi connectivity index (χ2v) is 4.92. The summed E-state index contributed by atoms with van der Waals surface area (Å²) in [6, 6.07) is 19.1. The van der Waals surface area contributed by atoms with Gasteiger partial charge in [-0.15, -0.1) is 6.42 Å². The van der Waals surface area contributed by atoms with E-state index < -0.39 is 0 Å². The molecule has 0 spiro atoms. The molecule has 0 amide bonds. The first-order valence-corrected chi connectivity index (χ1v) is 6.61. The Kier molecular flexibility index (Phi) is 2.31. The molecule has 0 unspecified atom stereocenters. The number of benzene rings is 4. The molecule has 4 rings (SSSR count). The van der Waals surface area contributed by atoms with Gasteiger partial charge in [-0.1, -0.05) is 54.5 Å². The fraction of sp³-hybridized carbons (Fsp3) is 0.0526. The van der Waals surface area contributed by atoms with Gasteiger partial charge < -0.3 is 4.74 Å². The van der Waals surface area contributed by atoms with Crippen LogP contribution in [0.1, 0.15) is 0 Å². The first kappa shape index (κ1) is 11.1. The molecule has 1 heteroatoms. The largest absolute Gasteiger partial charge is 0.480 e. The lowest BCUT2D eigenvalue weighted by molar-refractivity contribution is 0.375. The third-order valence-corrected chi connectivity index (χ3v) is 3.78. The molecule has 0 aliphatic carbocycles. The maximum absolute atomic E-state index is 5.74. The van der Waals surface area contributed by atoms with E-state index in [0.29, 0.717) is 6.61 Å². The topological polar surface area (TPSA) is 9.23 Å². The Morgan fingerprint density at radius 1 is 0.850 bits per heavy atom. The summed E-state index contributed by atoms with van der Waals surface area (Å²) in [7, 11) is 0. The molecule has 0 bridgehead atoms. The van der Waals surface area contributed by atoms with E-state index in [1.54, 1.807) is 0 Å². The van der Waals surface area contributed by atoms with Crippen LogP contribution < -0.4 is 4.74 Å². The van der Waals surface area contributed by atoms with Crippen molar-refractivity contribution in [3.8, 4) is 18.1 Å². The molecular formula is C19H12O. The molecule has 94 valence electrons. The van der Waals surface area contributed by atoms with Crippen LogP contribution in [-0.4, -0.2) is 6.61 Å². The summed E-state index contributed by atoms with van der Waals surface area (Å²) in [5.74, 6) is 3.39. The normalized spacial score (nSPS) is 11.2. The lowest BCUT2D eigenvalue weighted by Crippen LogP contribution is -1.95. The summed E-state index contributed by atoms with van der Waals surface area (Å²) < 4.78 is 5.74. The van der Waals surface area contributed by atoms with E-state index in [1.165, 1.54) is 26.9 Å². The highest BCUT2D eigenvalue weighted by molar-refractivity contribution is 6.24. The van der Waals surface area contributed by atoms with E-state index >= 15 is 0 Å². The summed E-state index contributed by atoms with van der Waals surface area (Å²) in [4.78, 5) is 0. The van der Waals surface area contributed by atoms with Crippen molar-refractivity contribution in [3.05, 3.63) is 54.6 Å². The Bertz CT molecular complexity index is 960. The molecule has 4 aromatic carbocycles. The maximum atomic E-state index is 5.74. The van der Waals surface area contributed by atoms with Gasteiger partial charge in [0.15, 0.2) is 0 Å². The van der Waals surface area contributed by atoms with Crippen molar-refractivity contribution in [1.82, 2.24) is 0 Å². The molecule has 0 radical (unpaired) electrons. The lowest BCUT2D eigenvalue weighted by atomic mass is 9.94. The van der Waals surface area contributed by atoms with E-state index in [1.807, 2.05) is 0 Å². The van der Waals surface area contributed by atoms with Gasteiger partial charge in [0.25, 0.3) is 0 Å². The van der Waals surface area contributed by atoms with Crippen molar-refractivity contribution in [2.45, 2.75) is 0 Å². The smallest absolute Gasteiger partial charge is 0.148 e. The van der Waals surface area contributed by atoms with Crippen LogP contribution in [0.25, 0.3) is 32.3 Å². The van der Waals surface area contributed by atoms with Crippen molar-refractivity contribution >= 4 is 32.3 Å². The quantitative estimate of drug-likeness (QED) is 0.376. The number of hydrogen-bond acceptors (Lipinski definition) is 1. The molecule has 0 fully saturated rings. The van der Waals surface area contributed by atoms with Crippen LogP contribution in [0.5, 0.6) is 5.75 Å². The zero-order valence-corrected chi connectivity index (χ0v) is 10.9. The Hall–Kier alpha value is -2.72. The van der Waals surface area contributed by atoms with Gasteiger partial charge in [-0.2, -0.15) is 0 Å². The number of ether oxygens (including phenoxy) is 1. The van der Waals surface area contributed by atoms with Crippen LogP contribution in [0.2, 0.25) is 0 Å². The van der Waals surface area contributed by atoms with E-state index in [-0.39, 0.29) is 0 Å². The zero-order chi connectivity index (χ0) is 13.5. The lowest BCUT2D eigenvalue weighted by Gasteiger charge is -2.14. The van der Waals surface area contributed by atoms with E-state index in [4.69, 9.17) is 11.2 Å². The third kappa shape index (κ3) is 1.45. The molecule has 0 atom stereocenters. The molecule has 4 aromatic rings. The SMILES string of the molecule is C#CCOc1cc2cccc3ccc4cccc1c4c32. The van der Waals surface area contributed by atoms with Crippen LogP contribution >= 0.6 is 0 Å². The molecule has 0 saturated heterocycles. The van der Waals surface area contributed by atoms with E-state index in [2.05, 4.69) is 60.5 Å².